The lowest BCUT2D eigenvalue weighted by Gasteiger charge is -2.36. The quantitative estimate of drug-likeness (QED) is 0.731. The first-order chi connectivity index (χ1) is 9.16. The molecule has 19 heavy (non-hydrogen) atoms. The number of benzene rings is 1. The van der Waals surface area contributed by atoms with Gasteiger partial charge >= 0.3 is 0 Å². The highest BCUT2D eigenvalue weighted by molar-refractivity contribution is 5.14. The van der Waals surface area contributed by atoms with Crippen molar-refractivity contribution in [1.29, 1.82) is 0 Å². The van der Waals surface area contributed by atoms with E-state index in [1.807, 2.05) is 7.11 Å². The summed E-state index contributed by atoms with van der Waals surface area (Å²) in [6.07, 6.45) is 4.53. The highest BCUT2D eigenvalue weighted by atomic mass is 16.5. The van der Waals surface area contributed by atoms with Gasteiger partial charge in [-0.2, -0.15) is 0 Å². The van der Waals surface area contributed by atoms with Crippen LogP contribution in [0.5, 0.6) is 0 Å². The lowest BCUT2D eigenvalue weighted by atomic mass is 9.88. The molecule has 0 aliphatic rings. The Morgan fingerprint density at radius 1 is 1.21 bits per heavy atom. The number of rotatable bonds is 9. The molecule has 0 spiro atoms. The molecule has 2 unspecified atom stereocenters. The van der Waals surface area contributed by atoms with E-state index in [1.54, 1.807) is 0 Å². The van der Waals surface area contributed by atoms with E-state index < -0.39 is 0 Å². The normalized spacial score (nSPS) is 16.0. The summed E-state index contributed by atoms with van der Waals surface area (Å²) < 4.78 is 5.74. The molecule has 0 aliphatic heterocycles. The summed E-state index contributed by atoms with van der Waals surface area (Å²) in [5.41, 5.74) is 1.36. The van der Waals surface area contributed by atoms with Crippen LogP contribution in [0.3, 0.4) is 0 Å². The third kappa shape index (κ3) is 4.96. The predicted octanol–water partition coefficient (Wildman–Crippen LogP) is 3.80. The maximum absolute atomic E-state index is 5.74. The number of nitrogens with one attached hydrogen (secondary N) is 1. The Hall–Kier alpha value is -0.860. The molecule has 2 atom stereocenters. The van der Waals surface area contributed by atoms with E-state index in [9.17, 15) is 0 Å². The molecule has 0 amide bonds. The maximum atomic E-state index is 5.74. The molecule has 1 aromatic carbocycles. The SMILES string of the molecule is CCNC(CCCc1ccccc1)C(C)(CC)OC. The van der Waals surface area contributed by atoms with E-state index in [-0.39, 0.29) is 5.60 Å². The second-order valence-electron chi connectivity index (χ2n) is 5.36. The summed E-state index contributed by atoms with van der Waals surface area (Å²) in [7, 11) is 1.82. The average Bonchev–Trinajstić information content (AvgIpc) is 2.46. The first-order valence-electron chi connectivity index (χ1n) is 7.48. The minimum atomic E-state index is -0.0628. The molecule has 0 aromatic heterocycles. The molecular weight excluding hydrogens is 234 g/mol. The molecule has 0 aliphatic carbocycles. The van der Waals surface area contributed by atoms with Crippen LogP contribution in [0.4, 0.5) is 0 Å². The van der Waals surface area contributed by atoms with Gasteiger partial charge in [0.2, 0.25) is 0 Å². The topological polar surface area (TPSA) is 21.3 Å². The van der Waals surface area contributed by atoms with E-state index in [2.05, 4.69) is 56.4 Å². The Labute approximate surface area is 118 Å². The van der Waals surface area contributed by atoms with Crippen LogP contribution in [0.15, 0.2) is 30.3 Å². The van der Waals surface area contributed by atoms with Gasteiger partial charge in [0.25, 0.3) is 0 Å². The second kappa shape index (κ2) is 8.34. The van der Waals surface area contributed by atoms with Crippen LogP contribution >= 0.6 is 0 Å². The van der Waals surface area contributed by atoms with Crippen molar-refractivity contribution >= 4 is 0 Å². The fraction of sp³-hybridized carbons (Fsp3) is 0.647. The predicted molar refractivity (Wildman–Crippen MR) is 82.5 cm³/mol. The van der Waals surface area contributed by atoms with Crippen molar-refractivity contribution in [3.63, 3.8) is 0 Å². The smallest absolute Gasteiger partial charge is 0.0800 e. The fourth-order valence-corrected chi connectivity index (χ4v) is 2.56. The molecule has 0 bridgehead atoms. The van der Waals surface area contributed by atoms with Crippen molar-refractivity contribution in [3.8, 4) is 0 Å². The number of methoxy groups -OCH3 is 1. The molecule has 2 nitrogen and oxygen atoms in total. The number of hydrogen-bond acceptors (Lipinski definition) is 2. The van der Waals surface area contributed by atoms with Crippen LogP contribution < -0.4 is 5.32 Å². The first-order valence-corrected chi connectivity index (χ1v) is 7.48. The Balaban J connectivity index is 2.50. The average molecular weight is 263 g/mol. The zero-order valence-corrected chi connectivity index (χ0v) is 12.9. The van der Waals surface area contributed by atoms with Crippen molar-refractivity contribution in [2.75, 3.05) is 13.7 Å². The molecular formula is C17H29NO. The summed E-state index contributed by atoms with van der Waals surface area (Å²) in [6, 6.07) is 11.1. The van der Waals surface area contributed by atoms with Crippen LogP contribution in [0.2, 0.25) is 0 Å². The summed E-state index contributed by atoms with van der Waals surface area (Å²) >= 11 is 0. The molecule has 108 valence electrons. The first kappa shape index (κ1) is 16.2. The Morgan fingerprint density at radius 2 is 1.89 bits per heavy atom. The summed E-state index contributed by atoms with van der Waals surface area (Å²) in [5, 5.41) is 3.59. The van der Waals surface area contributed by atoms with Gasteiger partial charge < -0.3 is 10.1 Å². The van der Waals surface area contributed by atoms with Crippen LogP contribution in [-0.4, -0.2) is 25.3 Å². The van der Waals surface area contributed by atoms with Crippen molar-refractivity contribution in [2.45, 2.75) is 58.1 Å². The Morgan fingerprint density at radius 3 is 2.42 bits per heavy atom. The monoisotopic (exact) mass is 263 g/mol. The van der Waals surface area contributed by atoms with E-state index in [0.717, 1.165) is 25.8 Å². The standard InChI is InChI=1S/C17H29NO/c1-5-17(3,19-4)16(18-6-2)14-10-13-15-11-8-7-9-12-15/h7-9,11-12,16,18H,5-6,10,13-14H2,1-4H3. The van der Waals surface area contributed by atoms with E-state index in [0.29, 0.717) is 6.04 Å². The second-order valence-corrected chi connectivity index (χ2v) is 5.36. The molecule has 0 fully saturated rings. The van der Waals surface area contributed by atoms with Gasteiger partial charge in [-0.15, -0.1) is 0 Å². The summed E-state index contributed by atoms with van der Waals surface area (Å²) in [4.78, 5) is 0. The largest absolute Gasteiger partial charge is 0.377 e. The molecule has 1 rings (SSSR count). The van der Waals surface area contributed by atoms with E-state index in [1.165, 1.54) is 12.0 Å². The molecule has 2 heteroatoms. The maximum Gasteiger partial charge on any atom is 0.0800 e. The van der Waals surface area contributed by atoms with Crippen LogP contribution in [-0.2, 0) is 11.2 Å². The van der Waals surface area contributed by atoms with Gasteiger partial charge in [-0.1, -0.05) is 44.2 Å². The van der Waals surface area contributed by atoms with Crippen molar-refractivity contribution in [2.24, 2.45) is 0 Å². The lowest BCUT2D eigenvalue weighted by molar-refractivity contribution is -0.0310. The molecule has 0 saturated carbocycles. The van der Waals surface area contributed by atoms with E-state index >= 15 is 0 Å². The van der Waals surface area contributed by atoms with Gasteiger partial charge in [0, 0.05) is 13.2 Å². The minimum Gasteiger partial charge on any atom is -0.377 e. The van der Waals surface area contributed by atoms with Crippen LogP contribution in [0.25, 0.3) is 0 Å². The van der Waals surface area contributed by atoms with Crippen LogP contribution in [0, 0.1) is 0 Å². The van der Waals surface area contributed by atoms with Gasteiger partial charge in [0.1, 0.15) is 0 Å². The molecule has 0 saturated heterocycles. The zero-order chi connectivity index (χ0) is 14.1. The van der Waals surface area contributed by atoms with Gasteiger partial charge in [0.05, 0.1) is 5.60 Å². The van der Waals surface area contributed by atoms with Crippen molar-refractivity contribution in [3.05, 3.63) is 35.9 Å². The molecule has 1 aromatic rings. The van der Waals surface area contributed by atoms with Gasteiger partial charge in [-0.3, -0.25) is 0 Å². The van der Waals surface area contributed by atoms with Gasteiger partial charge in [-0.05, 0) is 44.7 Å². The number of ether oxygens (including phenoxy) is 1. The van der Waals surface area contributed by atoms with Crippen molar-refractivity contribution in [1.82, 2.24) is 5.32 Å². The third-order valence-electron chi connectivity index (χ3n) is 4.16. The zero-order valence-electron chi connectivity index (χ0n) is 12.9. The summed E-state index contributed by atoms with van der Waals surface area (Å²) in [6.45, 7) is 7.57. The lowest BCUT2D eigenvalue weighted by Crippen LogP contribution is -2.49. The number of aryl methyl sites for hydroxylation is 1. The molecule has 0 heterocycles. The number of likely N-dealkylation sites (N-methyl/N-ethyl adjacent to an activating group) is 1. The van der Waals surface area contributed by atoms with Crippen LogP contribution in [0.1, 0.15) is 45.6 Å². The van der Waals surface area contributed by atoms with E-state index in [4.69, 9.17) is 4.74 Å². The molecule has 0 radical (unpaired) electrons. The van der Waals surface area contributed by atoms with Gasteiger partial charge in [-0.25, -0.2) is 0 Å². The Kier molecular flexibility index (Phi) is 7.11. The highest BCUT2D eigenvalue weighted by Crippen LogP contribution is 2.23. The molecule has 1 N–H and O–H groups in total. The van der Waals surface area contributed by atoms with Crippen molar-refractivity contribution < 1.29 is 4.74 Å². The summed E-state index contributed by atoms with van der Waals surface area (Å²) in [5.74, 6) is 0. The highest BCUT2D eigenvalue weighted by Gasteiger charge is 2.31. The third-order valence-corrected chi connectivity index (χ3v) is 4.16. The van der Waals surface area contributed by atoms with Gasteiger partial charge in [0.15, 0.2) is 0 Å². The number of hydrogen-bond donors (Lipinski definition) is 1. The fourth-order valence-electron chi connectivity index (χ4n) is 2.56. The minimum absolute atomic E-state index is 0.0628. The Bertz CT molecular complexity index is 332.